The van der Waals surface area contributed by atoms with Crippen LogP contribution in [0.15, 0.2) is 4.90 Å². The van der Waals surface area contributed by atoms with Crippen LogP contribution in [0.5, 0.6) is 0 Å². The number of nitrogens with one attached hydrogen (secondary N) is 1. The molecule has 0 amide bonds. The second kappa shape index (κ2) is 7.10. The van der Waals surface area contributed by atoms with E-state index in [0.29, 0.717) is 17.7 Å². The van der Waals surface area contributed by atoms with Gasteiger partial charge < -0.3 is 5.11 Å². The Hall–Kier alpha value is -0.760. The highest BCUT2D eigenvalue weighted by molar-refractivity contribution is 7.89. The van der Waals surface area contributed by atoms with E-state index in [1.807, 2.05) is 0 Å². The van der Waals surface area contributed by atoms with E-state index in [9.17, 15) is 18.3 Å². The van der Waals surface area contributed by atoms with Crippen molar-refractivity contribution < 1.29 is 18.3 Å². The molecule has 0 spiro atoms. The van der Waals surface area contributed by atoms with Crippen LogP contribution in [0.1, 0.15) is 61.3 Å². The summed E-state index contributed by atoms with van der Waals surface area (Å²) in [6.45, 7) is 3.13. The summed E-state index contributed by atoms with van der Waals surface area (Å²) in [5, 5.41) is 9.86. The minimum Gasteiger partial charge on any atom is -0.389 e. The molecule has 0 bridgehead atoms. The Morgan fingerprint density at radius 1 is 1.28 bits per heavy atom. The Bertz CT molecular complexity index is 755. The number of aliphatic hydroxyl groups is 1. The van der Waals surface area contributed by atoms with Gasteiger partial charge in [0.2, 0.25) is 10.0 Å². The number of sulfonamides is 1. The third kappa shape index (κ3) is 4.70. The first-order valence-electron chi connectivity index (χ1n) is 9.05. The molecule has 2 aliphatic carbocycles. The van der Waals surface area contributed by atoms with Gasteiger partial charge in [0.15, 0.2) is 0 Å². The van der Waals surface area contributed by atoms with Gasteiger partial charge in [0.1, 0.15) is 5.78 Å². The fraction of sp³-hybridized carbons (Fsp3) is 0.722. The summed E-state index contributed by atoms with van der Waals surface area (Å²) >= 11 is 1.56. The minimum absolute atomic E-state index is 0.0274. The van der Waals surface area contributed by atoms with Crippen molar-refractivity contribution in [2.24, 2.45) is 5.92 Å². The number of hydrogen-bond acceptors (Lipinski definition) is 5. The van der Waals surface area contributed by atoms with Gasteiger partial charge in [-0.2, -0.15) is 0 Å². The molecular weight excluding hydrogens is 358 g/mol. The number of fused-ring (bicyclic) bond motifs is 1. The third-order valence-corrected chi connectivity index (χ3v) is 7.82. The van der Waals surface area contributed by atoms with Gasteiger partial charge in [0.05, 0.1) is 10.5 Å². The summed E-state index contributed by atoms with van der Waals surface area (Å²) in [6, 6.07) is 0. The average molecular weight is 386 g/mol. The fourth-order valence-electron chi connectivity index (χ4n) is 3.26. The lowest BCUT2D eigenvalue weighted by Crippen LogP contribution is -2.38. The van der Waals surface area contributed by atoms with Crippen molar-refractivity contribution in [2.45, 2.75) is 75.7 Å². The van der Waals surface area contributed by atoms with Crippen LogP contribution < -0.4 is 4.72 Å². The van der Waals surface area contributed by atoms with E-state index in [4.69, 9.17) is 0 Å². The molecule has 1 heterocycles. The zero-order valence-corrected chi connectivity index (χ0v) is 16.6. The predicted molar refractivity (Wildman–Crippen MR) is 98.5 cm³/mol. The molecule has 2 N–H and O–H groups in total. The topological polar surface area (TPSA) is 83.5 Å². The summed E-state index contributed by atoms with van der Waals surface area (Å²) < 4.78 is 28.4. The van der Waals surface area contributed by atoms with Crippen molar-refractivity contribution >= 4 is 27.1 Å². The van der Waals surface area contributed by atoms with Crippen molar-refractivity contribution in [3.8, 4) is 0 Å². The second-order valence-corrected chi connectivity index (χ2v) is 10.7. The van der Waals surface area contributed by atoms with Gasteiger partial charge in [-0.1, -0.05) is 0 Å². The highest BCUT2D eigenvalue weighted by atomic mass is 32.2. The van der Waals surface area contributed by atoms with E-state index in [2.05, 4.69) is 4.72 Å². The molecule has 0 aromatic carbocycles. The molecule has 1 aromatic heterocycles. The van der Waals surface area contributed by atoms with Crippen LogP contribution in [0, 0.1) is 5.92 Å². The molecule has 3 rings (SSSR count). The maximum atomic E-state index is 12.9. The summed E-state index contributed by atoms with van der Waals surface area (Å²) in [4.78, 5) is 14.4. The number of Topliss-reactive ketones (excluding diaryl/α,β-unsaturated/α-hetero) is 1. The first kappa shape index (κ1) is 19.0. The van der Waals surface area contributed by atoms with Gasteiger partial charge in [-0.25, -0.2) is 13.1 Å². The molecule has 1 saturated carbocycles. The Balaban J connectivity index is 1.86. The quantitative estimate of drug-likeness (QED) is 0.720. The summed E-state index contributed by atoms with van der Waals surface area (Å²) in [5.41, 5.74) is -0.168. The Kier molecular flexibility index (Phi) is 5.40. The van der Waals surface area contributed by atoms with E-state index in [-0.39, 0.29) is 18.2 Å². The molecule has 1 fully saturated rings. The molecule has 0 atom stereocenters. The maximum Gasteiger partial charge on any atom is 0.242 e. The van der Waals surface area contributed by atoms with Crippen LogP contribution in [0.4, 0.5) is 0 Å². The number of carbonyl (C=O) groups excluding carboxylic acids is 1. The van der Waals surface area contributed by atoms with Crippen LogP contribution in [0.25, 0.3) is 0 Å². The van der Waals surface area contributed by atoms with Crippen LogP contribution in [0.3, 0.4) is 0 Å². The number of rotatable bonds is 8. The first-order chi connectivity index (χ1) is 11.7. The molecule has 5 nitrogen and oxygen atoms in total. The van der Waals surface area contributed by atoms with E-state index in [0.717, 1.165) is 53.8 Å². The molecule has 1 aromatic rings. The number of aryl methyl sites for hydroxylation is 2. The highest BCUT2D eigenvalue weighted by Gasteiger charge is 2.32. The molecular formula is C18H27NO4S2. The Labute approximate surface area is 153 Å². The molecule has 0 unspecified atom stereocenters. The van der Waals surface area contributed by atoms with Gasteiger partial charge in [-0.05, 0) is 64.4 Å². The summed E-state index contributed by atoms with van der Waals surface area (Å²) in [6.07, 6.45) is 6.69. The molecule has 0 radical (unpaired) electrons. The zero-order valence-electron chi connectivity index (χ0n) is 14.9. The molecule has 7 heteroatoms. The molecule has 0 saturated heterocycles. The van der Waals surface area contributed by atoms with Crippen LogP contribution in [-0.4, -0.2) is 31.5 Å². The van der Waals surface area contributed by atoms with Crippen LogP contribution in [0.2, 0.25) is 0 Å². The molecule has 0 aliphatic heterocycles. The maximum absolute atomic E-state index is 12.9. The smallest absolute Gasteiger partial charge is 0.242 e. The van der Waals surface area contributed by atoms with Gasteiger partial charge in [-0.15, -0.1) is 11.3 Å². The van der Waals surface area contributed by atoms with Gasteiger partial charge in [0, 0.05) is 28.6 Å². The highest BCUT2D eigenvalue weighted by Crippen LogP contribution is 2.39. The molecule has 140 valence electrons. The van der Waals surface area contributed by atoms with E-state index in [1.165, 1.54) is 0 Å². The normalized spacial score (nSPS) is 18.2. The van der Waals surface area contributed by atoms with Gasteiger partial charge in [0.25, 0.3) is 0 Å². The van der Waals surface area contributed by atoms with E-state index in [1.54, 1.807) is 25.2 Å². The summed E-state index contributed by atoms with van der Waals surface area (Å²) in [7, 11) is -3.69. The molecule has 2 aliphatic rings. The minimum atomic E-state index is -3.69. The van der Waals surface area contributed by atoms with Crippen LogP contribution >= 0.6 is 11.3 Å². The van der Waals surface area contributed by atoms with Crippen molar-refractivity contribution in [2.75, 3.05) is 6.54 Å². The fourth-order valence-corrected chi connectivity index (χ4v) is 6.71. The average Bonchev–Trinajstić information content (AvgIpc) is 3.30. The number of ketones is 1. The van der Waals surface area contributed by atoms with Crippen molar-refractivity contribution in [3.63, 3.8) is 0 Å². The lowest BCUT2D eigenvalue weighted by atomic mass is 9.98. The lowest BCUT2D eigenvalue weighted by Gasteiger charge is -2.19. The zero-order chi connectivity index (χ0) is 18.2. The Morgan fingerprint density at radius 2 is 1.96 bits per heavy atom. The molecule has 25 heavy (non-hydrogen) atoms. The second-order valence-electron chi connectivity index (χ2n) is 7.84. The standard InChI is InChI=1S/C18H27NO4S2/c1-18(2,21)11-19-25(22,23)17-13-5-3-4-6-15(13)24-16(17)10-9-14(20)12-7-8-12/h12,19,21H,3-11H2,1-2H3. The van der Waals surface area contributed by atoms with E-state index >= 15 is 0 Å². The summed E-state index contributed by atoms with van der Waals surface area (Å²) in [5.74, 6) is 0.474. The predicted octanol–water partition coefficient (Wildman–Crippen LogP) is 2.59. The van der Waals surface area contributed by atoms with Crippen molar-refractivity contribution in [3.05, 3.63) is 15.3 Å². The number of carbonyl (C=O) groups is 1. The van der Waals surface area contributed by atoms with E-state index < -0.39 is 15.6 Å². The monoisotopic (exact) mass is 385 g/mol. The SMILES string of the molecule is CC(C)(O)CNS(=O)(=O)c1c(CCC(=O)C2CC2)sc2c1CCCC2. The lowest BCUT2D eigenvalue weighted by molar-refractivity contribution is -0.120. The number of thiophene rings is 1. The van der Waals surface area contributed by atoms with Gasteiger partial charge in [-0.3, -0.25) is 4.79 Å². The third-order valence-electron chi connectivity index (χ3n) is 4.79. The van der Waals surface area contributed by atoms with Gasteiger partial charge >= 0.3 is 0 Å². The first-order valence-corrected chi connectivity index (χ1v) is 11.4. The largest absolute Gasteiger partial charge is 0.389 e. The van der Waals surface area contributed by atoms with Crippen LogP contribution in [-0.2, 0) is 34.1 Å². The van der Waals surface area contributed by atoms with Crippen molar-refractivity contribution in [1.29, 1.82) is 0 Å². The number of hydrogen-bond donors (Lipinski definition) is 2. The Morgan fingerprint density at radius 3 is 2.60 bits per heavy atom. The van der Waals surface area contributed by atoms with Crippen molar-refractivity contribution in [1.82, 2.24) is 4.72 Å².